The molecule has 0 saturated carbocycles. The Hall–Kier alpha value is -1.38. The lowest BCUT2D eigenvalue weighted by molar-refractivity contribution is -0.139. The molecule has 2 heterocycles. The van der Waals surface area contributed by atoms with Crippen LogP contribution in [-0.2, 0) is 11.0 Å². The molecule has 1 N–H and O–H groups in total. The Kier molecular flexibility index (Phi) is 2.94. The summed E-state index contributed by atoms with van der Waals surface area (Å²) in [5.41, 5.74) is 0. The standard InChI is InChI=1S/C8H8F3N3O2S/c9-8(10,11)6-12-13-7(17-6)14-3-1-2-4(14)5(15)16/h4H,1-3H2,(H,15,16)/t4-/m1/s1. The molecular weight excluding hydrogens is 259 g/mol. The average Bonchev–Trinajstić information content (AvgIpc) is 2.85. The Bertz CT molecular complexity index is 434. The van der Waals surface area contributed by atoms with Gasteiger partial charge in [0.2, 0.25) is 10.1 Å². The molecule has 2 rings (SSSR count). The second-order valence-corrected chi connectivity index (χ2v) is 4.53. The second kappa shape index (κ2) is 4.13. The van der Waals surface area contributed by atoms with Crippen molar-refractivity contribution in [3.05, 3.63) is 5.01 Å². The van der Waals surface area contributed by atoms with Crippen LogP contribution in [0.1, 0.15) is 17.8 Å². The third-order valence-electron chi connectivity index (χ3n) is 2.44. The summed E-state index contributed by atoms with van der Waals surface area (Å²) in [4.78, 5) is 12.2. The first kappa shape index (κ1) is 12.1. The quantitative estimate of drug-likeness (QED) is 0.881. The fraction of sp³-hybridized carbons (Fsp3) is 0.625. The molecule has 17 heavy (non-hydrogen) atoms. The molecule has 1 aliphatic rings. The maximum Gasteiger partial charge on any atom is 0.445 e. The van der Waals surface area contributed by atoms with Gasteiger partial charge in [-0.15, -0.1) is 10.2 Å². The van der Waals surface area contributed by atoms with Gasteiger partial charge in [0.15, 0.2) is 0 Å². The number of nitrogens with zero attached hydrogens (tertiary/aromatic N) is 3. The molecule has 94 valence electrons. The molecule has 1 aromatic rings. The number of rotatable bonds is 2. The van der Waals surface area contributed by atoms with Gasteiger partial charge < -0.3 is 10.0 Å². The van der Waals surface area contributed by atoms with Gasteiger partial charge in [0, 0.05) is 6.54 Å². The molecule has 1 atom stereocenters. The number of alkyl halides is 3. The van der Waals surface area contributed by atoms with Crippen molar-refractivity contribution in [2.45, 2.75) is 25.1 Å². The second-order valence-electron chi connectivity index (χ2n) is 3.58. The van der Waals surface area contributed by atoms with E-state index in [1.54, 1.807) is 0 Å². The summed E-state index contributed by atoms with van der Waals surface area (Å²) in [6.45, 7) is 0.392. The van der Waals surface area contributed by atoms with Crippen LogP contribution in [0.3, 0.4) is 0 Å². The largest absolute Gasteiger partial charge is 0.480 e. The SMILES string of the molecule is O=C(O)[C@H]1CCCN1c1nnc(C(F)(F)F)s1. The van der Waals surface area contributed by atoms with Crippen LogP contribution in [0.4, 0.5) is 18.3 Å². The van der Waals surface area contributed by atoms with Crippen molar-refractivity contribution in [1.29, 1.82) is 0 Å². The summed E-state index contributed by atoms with van der Waals surface area (Å²) < 4.78 is 37.0. The van der Waals surface area contributed by atoms with Crippen molar-refractivity contribution < 1.29 is 23.1 Å². The Morgan fingerprint density at radius 3 is 2.71 bits per heavy atom. The number of hydrogen-bond acceptors (Lipinski definition) is 5. The number of carbonyl (C=O) groups is 1. The van der Waals surface area contributed by atoms with Gasteiger partial charge >= 0.3 is 12.1 Å². The lowest BCUT2D eigenvalue weighted by atomic mass is 10.2. The van der Waals surface area contributed by atoms with Crippen molar-refractivity contribution in [2.75, 3.05) is 11.4 Å². The van der Waals surface area contributed by atoms with Gasteiger partial charge in [0.1, 0.15) is 6.04 Å². The minimum atomic E-state index is -4.53. The minimum absolute atomic E-state index is 0.0159. The van der Waals surface area contributed by atoms with Gasteiger partial charge in [-0.1, -0.05) is 11.3 Å². The van der Waals surface area contributed by atoms with Crippen LogP contribution in [0, 0.1) is 0 Å². The van der Waals surface area contributed by atoms with E-state index in [1.807, 2.05) is 0 Å². The van der Waals surface area contributed by atoms with Crippen molar-refractivity contribution in [3.63, 3.8) is 0 Å². The number of aliphatic carboxylic acids is 1. The van der Waals surface area contributed by atoms with Crippen LogP contribution in [0.25, 0.3) is 0 Å². The molecule has 0 amide bonds. The molecule has 5 nitrogen and oxygen atoms in total. The highest BCUT2D eigenvalue weighted by Crippen LogP contribution is 2.36. The Morgan fingerprint density at radius 1 is 1.47 bits per heavy atom. The van der Waals surface area contributed by atoms with E-state index in [1.165, 1.54) is 4.90 Å². The summed E-state index contributed by atoms with van der Waals surface area (Å²) >= 11 is 0.374. The Balaban J connectivity index is 2.23. The predicted molar refractivity (Wildman–Crippen MR) is 52.9 cm³/mol. The number of carboxylic acid groups (broad SMARTS) is 1. The molecule has 0 spiro atoms. The van der Waals surface area contributed by atoms with E-state index in [-0.39, 0.29) is 5.13 Å². The zero-order chi connectivity index (χ0) is 12.6. The van der Waals surface area contributed by atoms with Gasteiger partial charge in [0.05, 0.1) is 0 Å². The van der Waals surface area contributed by atoms with E-state index in [9.17, 15) is 18.0 Å². The van der Waals surface area contributed by atoms with Gasteiger partial charge in [-0.3, -0.25) is 0 Å². The Morgan fingerprint density at radius 2 is 2.18 bits per heavy atom. The molecule has 1 aliphatic heterocycles. The van der Waals surface area contributed by atoms with Gasteiger partial charge in [-0.25, -0.2) is 4.79 Å². The van der Waals surface area contributed by atoms with E-state index in [0.29, 0.717) is 30.7 Å². The van der Waals surface area contributed by atoms with E-state index < -0.39 is 23.2 Å². The van der Waals surface area contributed by atoms with Crippen molar-refractivity contribution in [1.82, 2.24) is 10.2 Å². The number of anilines is 1. The van der Waals surface area contributed by atoms with Crippen molar-refractivity contribution in [2.24, 2.45) is 0 Å². The summed E-state index contributed by atoms with van der Waals surface area (Å²) in [5, 5.41) is 14.3. The van der Waals surface area contributed by atoms with Crippen LogP contribution in [0.15, 0.2) is 0 Å². The van der Waals surface area contributed by atoms with E-state index in [0.717, 1.165) is 0 Å². The van der Waals surface area contributed by atoms with Crippen LogP contribution < -0.4 is 4.90 Å². The first-order valence-electron chi connectivity index (χ1n) is 4.80. The molecule has 0 radical (unpaired) electrons. The fourth-order valence-corrected chi connectivity index (χ4v) is 2.49. The molecule has 1 saturated heterocycles. The van der Waals surface area contributed by atoms with Crippen LogP contribution in [-0.4, -0.2) is 33.9 Å². The van der Waals surface area contributed by atoms with Crippen LogP contribution in [0.2, 0.25) is 0 Å². The first-order valence-corrected chi connectivity index (χ1v) is 5.61. The van der Waals surface area contributed by atoms with Crippen LogP contribution in [0.5, 0.6) is 0 Å². The zero-order valence-electron chi connectivity index (χ0n) is 8.44. The lowest BCUT2D eigenvalue weighted by Gasteiger charge is -2.19. The maximum atomic E-state index is 12.3. The molecule has 1 aromatic heterocycles. The third-order valence-corrected chi connectivity index (χ3v) is 3.45. The molecule has 0 unspecified atom stereocenters. The number of halogens is 3. The molecule has 9 heteroatoms. The highest BCUT2D eigenvalue weighted by molar-refractivity contribution is 7.15. The van der Waals surface area contributed by atoms with Crippen LogP contribution >= 0.6 is 11.3 Å². The van der Waals surface area contributed by atoms with Crippen molar-refractivity contribution in [3.8, 4) is 0 Å². The topological polar surface area (TPSA) is 66.3 Å². The molecule has 0 aliphatic carbocycles. The lowest BCUT2D eigenvalue weighted by Crippen LogP contribution is -2.35. The maximum absolute atomic E-state index is 12.3. The smallest absolute Gasteiger partial charge is 0.445 e. The van der Waals surface area contributed by atoms with Gasteiger partial charge in [-0.05, 0) is 12.8 Å². The summed E-state index contributed by atoms with van der Waals surface area (Å²) in [6, 6.07) is -0.802. The number of hydrogen-bond donors (Lipinski definition) is 1. The monoisotopic (exact) mass is 267 g/mol. The van der Waals surface area contributed by atoms with E-state index in [2.05, 4.69) is 10.2 Å². The van der Waals surface area contributed by atoms with E-state index >= 15 is 0 Å². The molecular formula is C8H8F3N3O2S. The first-order chi connectivity index (χ1) is 7.89. The normalized spacial score (nSPS) is 20.9. The summed E-state index contributed by atoms with van der Waals surface area (Å²) in [5.74, 6) is -1.05. The van der Waals surface area contributed by atoms with Crippen molar-refractivity contribution >= 4 is 22.4 Å². The highest BCUT2D eigenvalue weighted by Gasteiger charge is 2.38. The molecule has 0 bridgehead atoms. The molecule has 0 aromatic carbocycles. The zero-order valence-corrected chi connectivity index (χ0v) is 9.25. The predicted octanol–water partition coefficient (Wildman–Crippen LogP) is 1.61. The summed E-state index contributed by atoms with van der Waals surface area (Å²) in [7, 11) is 0. The molecule has 1 fully saturated rings. The number of carboxylic acids is 1. The van der Waals surface area contributed by atoms with Gasteiger partial charge in [-0.2, -0.15) is 13.2 Å². The fourth-order valence-electron chi connectivity index (χ4n) is 1.70. The average molecular weight is 267 g/mol. The summed E-state index contributed by atoms with van der Waals surface area (Å²) in [6.07, 6.45) is -3.50. The highest BCUT2D eigenvalue weighted by atomic mass is 32.1. The van der Waals surface area contributed by atoms with Gasteiger partial charge in [0.25, 0.3) is 0 Å². The Labute approximate surface area is 97.9 Å². The third kappa shape index (κ3) is 2.33. The minimum Gasteiger partial charge on any atom is -0.480 e. The van der Waals surface area contributed by atoms with E-state index in [4.69, 9.17) is 5.11 Å². The number of aromatic nitrogens is 2.